The minimum Gasteiger partial charge on any atom is -0.483 e. The van der Waals surface area contributed by atoms with Crippen molar-refractivity contribution in [1.29, 1.82) is 0 Å². The summed E-state index contributed by atoms with van der Waals surface area (Å²) in [5.41, 5.74) is 1.22. The highest BCUT2D eigenvalue weighted by atomic mass is 79.9. The van der Waals surface area contributed by atoms with Crippen LogP contribution >= 0.6 is 27.3 Å². The molecule has 0 bridgehead atoms. The van der Waals surface area contributed by atoms with Crippen molar-refractivity contribution in [2.45, 2.75) is 13.0 Å². The summed E-state index contributed by atoms with van der Waals surface area (Å²) in [5.74, 6) is 0.0719. The van der Waals surface area contributed by atoms with Gasteiger partial charge in [0.05, 0.1) is 4.47 Å². The molecule has 6 heteroatoms. The third-order valence-electron chi connectivity index (χ3n) is 3.41. The van der Waals surface area contributed by atoms with E-state index in [1.54, 1.807) is 16.2 Å². The van der Waals surface area contributed by atoms with Crippen LogP contribution < -0.4 is 4.74 Å². The lowest BCUT2D eigenvalue weighted by Crippen LogP contribution is -2.38. The highest BCUT2D eigenvalue weighted by molar-refractivity contribution is 9.10. The molecule has 0 unspecified atom stereocenters. The topological polar surface area (TPSA) is 29.5 Å². The van der Waals surface area contributed by atoms with Crippen LogP contribution in [0.5, 0.6) is 5.75 Å². The summed E-state index contributed by atoms with van der Waals surface area (Å²) in [5, 5.41) is 2.06. The highest BCUT2D eigenvalue weighted by Gasteiger charge is 2.21. The van der Waals surface area contributed by atoms with Gasteiger partial charge in [0.15, 0.2) is 6.61 Å². The van der Waals surface area contributed by atoms with Crippen LogP contribution in [-0.4, -0.2) is 24.0 Å². The van der Waals surface area contributed by atoms with Crippen LogP contribution in [0.4, 0.5) is 4.39 Å². The van der Waals surface area contributed by atoms with Gasteiger partial charge in [-0.25, -0.2) is 4.39 Å². The molecule has 0 radical (unpaired) electrons. The molecule has 0 saturated heterocycles. The summed E-state index contributed by atoms with van der Waals surface area (Å²) >= 11 is 4.96. The number of ether oxygens (including phenoxy) is 1. The number of fused-ring (bicyclic) bond motifs is 1. The molecule has 0 spiro atoms. The number of benzene rings is 1. The lowest BCUT2D eigenvalue weighted by molar-refractivity contribution is -0.134. The fraction of sp³-hybridized carbons (Fsp3) is 0.267. The Balaban J connectivity index is 1.60. The molecule has 2 heterocycles. The molecule has 1 aromatic heterocycles. The molecule has 1 aliphatic heterocycles. The minimum atomic E-state index is -0.346. The molecule has 0 saturated carbocycles. The second-order valence-corrected chi connectivity index (χ2v) is 6.65. The van der Waals surface area contributed by atoms with E-state index in [9.17, 15) is 9.18 Å². The van der Waals surface area contributed by atoms with Crippen molar-refractivity contribution in [3.8, 4) is 5.75 Å². The van der Waals surface area contributed by atoms with Gasteiger partial charge in [-0.15, -0.1) is 11.3 Å². The van der Waals surface area contributed by atoms with Crippen LogP contribution in [0.3, 0.4) is 0 Å². The van der Waals surface area contributed by atoms with Gasteiger partial charge in [-0.3, -0.25) is 4.79 Å². The van der Waals surface area contributed by atoms with E-state index in [0.29, 0.717) is 16.8 Å². The van der Waals surface area contributed by atoms with Crippen LogP contribution in [0, 0.1) is 5.82 Å². The summed E-state index contributed by atoms with van der Waals surface area (Å²) < 4.78 is 19.0. The zero-order valence-electron chi connectivity index (χ0n) is 11.1. The molecule has 3 rings (SSSR count). The number of nitrogens with zero attached hydrogens (tertiary/aromatic N) is 1. The Bertz CT molecular complexity index is 673. The molecule has 0 fully saturated rings. The molecule has 1 aliphatic rings. The van der Waals surface area contributed by atoms with Crippen LogP contribution in [0.15, 0.2) is 34.1 Å². The summed E-state index contributed by atoms with van der Waals surface area (Å²) in [4.78, 5) is 15.4. The molecule has 0 N–H and O–H groups in total. The second-order valence-electron chi connectivity index (χ2n) is 4.80. The Hall–Kier alpha value is -1.40. The fourth-order valence-corrected chi connectivity index (χ4v) is 3.64. The second kappa shape index (κ2) is 6.15. The van der Waals surface area contributed by atoms with E-state index in [1.165, 1.54) is 28.6 Å². The maximum Gasteiger partial charge on any atom is 0.260 e. The predicted octanol–water partition coefficient (Wildman–Crippen LogP) is 3.61. The largest absolute Gasteiger partial charge is 0.483 e. The number of carbonyl (C=O) groups is 1. The Labute approximate surface area is 134 Å². The van der Waals surface area contributed by atoms with Gasteiger partial charge in [-0.05, 0) is 57.6 Å². The monoisotopic (exact) mass is 369 g/mol. The number of rotatable bonds is 3. The van der Waals surface area contributed by atoms with Gasteiger partial charge in [0.2, 0.25) is 0 Å². The van der Waals surface area contributed by atoms with E-state index in [2.05, 4.69) is 27.4 Å². The van der Waals surface area contributed by atoms with Gasteiger partial charge < -0.3 is 9.64 Å². The molecule has 1 amide bonds. The molecular weight excluding hydrogens is 357 g/mol. The highest BCUT2D eigenvalue weighted by Crippen LogP contribution is 2.26. The molecule has 0 aliphatic carbocycles. The average Bonchev–Trinajstić information content (AvgIpc) is 2.93. The Morgan fingerprint density at radius 1 is 1.43 bits per heavy atom. The van der Waals surface area contributed by atoms with Crippen molar-refractivity contribution in [1.82, 2.24) is 4.90 Å². The van der Waals surface area contributed by atoms with Crippen LogP contribution in [0.25, 0.3) is 0 Å². The van der Waals surface area contributed by atoms with Gasteiger partial charge in [-0.1, -0.05) is 0 Å². The third-order valence-corrected chi connectivity index (χ3v) is 5.05. The fourth-order valence-electron chi connectivity index (χ4n) is 2.28. The van der Waals surface area contributed by atoms with Gasteiger partial charge in [0.25, 0.3) is 5.91 Å². The number of thiophene rings is 1. The van der Waals surface area contributed by atoms with Crippen molar-refractivity contribution < 1.29 is 13.9 Å². The zero-order chi connectivity index (χ0) is 14.8. The Morgan fingerprint density at radius 2 is 2.29 bits per heavy atom. The summed E-state index contributed by atoms with van der Waals surface area (Å²) in [6, 6.07) is 6.21. The normalized spacial score (nSPS) is 13.9. The number of halogens is 2. The minimum absolute atomic E-state index is 0.0380. The first-order chi connectivity index (χ1) is 10.1. The molecule has 110 valence electrons. The zero-order valence-corrected chi connectivity index (χ0v) is 13.5. The van der Waals surface area contributed by atoms with Gasteiger partial charge in [0.1, 0.15) is 11.6 Å². The van der Waals surface area contributed by atoms with E-state index < -0.39 is 0 Å². The SMILES string of the molecule is O=C(COc1ccc(F)cc1Br)N1CCc2sccc2C1. The van der Waals surface area contributed by atoms with E-state index in [0.717, 1.165) is 13.0 Å². The van der Waals surface area contributed by atoms with Crippen molar-refractivity contribution in [2.75, 3.05) is 13.2 Å². The van der Waals surface area contributed by atoms with E-state index in [1.807, 2.05) is 0 Å². The van der Waals surface area contributed by atoms with Crippen molar-refractivity contribution in [2.24, 2.45) is 0 Å². The van der Waals surface area contributed by atoms with Gasteiger partial charge >= 0.3 is 0 Å². The first-order valence-corrected chi connectivity index (χ1v) is 8.21. The molecule has 21 heavy (non-hydrogen) atoms. The molecular formula is C15H13BrFNO2S. The maximum absolute atomic E-state index is 13.0. The Kier molecular flexibility index (Phi) is 4.26. The van der Waals surface area contributed by atoms with E-state index in [4.69, 9.17) is 4.74 Å². The Morgan fingerprint density at radius 3 is 3.10 bits per heavy atom. The number of hydrogen-bond acceptors (Lipinski definition) is 3. The number of amides is 1. The summed E-state index contributed by atoms with van der Waals surface area (Å²) in [6.45, 7) is 1.33. The first kappa shape index (κ1) is 14.5. The lowest BCUT2D eigenvalue weighted by Gasteiger charge is -2.27. The van der Waals surface area contributed by atoms with Crippen LogP contribution in [0.2, 0.25) is 0 Å². The molecule has 2 aromatic rings. The predicted molar refractivity (Wildman–Crippen MR) is 83.0 cm³/mol. The first-order valence-electron chi connectivity index (χ1n) is 6.54. The summed E-state index contributed by atoms with van der Waals surface area (Å²) in [7, 11) is 0. The van der Waals surface area contributed by atoms with E-state index in [-0.39, 0.29) is 18.3 Å². The van der Waals surface area contributed by atoms with Crippen LogP contribution in [-0.2, 0) is 17.8 Å². The average molecular weight is 370 g/mol. The smallest absolute Gasteiger partial charge is 0.260 e. The number of carbonyl (C=O) groups excluding carboxylic acids is 1. The van der Waals surface area contributed by atoms with Crippen LogP contribution in [0.1, 0.15) is 10.4 Å². The molecule has 3 nitrogen and oxygen atoms in total. The molecule has 1 aromatic carbocycles. The quantitative estimate of drug-likeness (QED) is 0.826. The molecule has 0 atom stereocenters. The lowest BCUT2D eigenvalue weighted by atomic mass is 10.1. The third kappa shape index (κ3) is 3.27. The maximum atomic E-state index is 13.0. The van der Waals surface area contributed by atoms with Crippen molar-refractivity contribution in [3.63, 3.8) is 0 Å². The standard InChI is InChI=1S/C15H13BrFNO2S/c16-12-7-11(17)1-2-13(12)20-9-15(19)18-5-3-14-10(8-18)4-6-21-14/h1-2,4,6-7H,3,5,8-9H2. The van der Waals surface area contributed by atoms with E-state index >= 15 is 0 Å². The van der Waals surface area contributed by atoms with Gasteiger partial charge in [0, 0.05) is 18.0 Å². The number of hydrogen-bond donors (Lipinski definition) is 0. The van der Waals surface area contributed by atoms with Crippen molar-refractivity contribution in [3.05, 3.63) is 50.4 Å². The van der Waals surface area contributed by atoms with Gasteiger partial charge in [-0.2, -0.15) is 0 Å². The van der Waals surface area contributed by atoms with Crippen molar-refractivity contribution >= 4 is 33.2 Å². The summed E-state index contributed by atoms with van der Waals surface area (Å²) in [6.07, 6.45) is 0.902.